The summed E-state index contributed by atoms with van der Waals surface area (Å²) in [4.78, 5) is 0. The van der Waals surface area contributed by atoms with Crippen LogP contribution < -0.4 is 4.74 Å². The molecule has 0 bridgehead atoms. The summed E-state index contributed by atoms with van der Waals surface area (Å²) in [5.41, 5.74) is 1.41. The van der Waals surface area contributed by atoms with Crippen LogP contribution in [0.4, 0.5) is 0 Å². The van der Waals surface area contributed by atoms with Crippen molar-refractivity contribution in [2.24, 2.45) is 0 Å². The maximum atomic E-state index is 5.34. The first-order chi connectivity index (χ1) is 7.65. The Hall–Kier alpha value is -0.0400. The molecule has 0 radical (unpaired) electrons. The standard InChI is InChI=1S/C13H12I2O/c1-3-8-4-9-6-12(15)13(16-2)7-10(9)5-11(8)14/h4-7H,3H2,1-2H3. The second-order valence-electron chi connectivity index (χ2n) is 3.63. The van der Waals surface area contributed by atoms with Crippen LogP contribution in [0.3, 0.4) is 0 Å². The van der Waals surface area contributed by atoms with E-state index < -0.39 is 0 Å². The minimum atomic E-state index is 0.952. The second kappa shape index (κ2) is 5.08. The van der Waals surface area contributed by atoms with Gasteiger partial charge in [0.25, 0.3) is 0 Å². The van der Waals surface area contributed by atoms with Crippen LogP contribution in [0.15, 0.2) is 24.3 Å². The smallest absolute Gasteiger partial charge is 0.132 e. The van der Waals surface area contributed by atoms with E-state index in [4.69, 9.17) is 4.74 Å². The zero-order chi connectivity index (χ0) is 11.7. The van der Waals surface area contributed by atoms with Crippen molar-refractivity contribution < 1.29 is 4.74 Å². The third kappa shape index (κ3) is 2.30. The predicted octanol–water partition coefficient (Wildman–Crippen LogP) is 4.62. The largest absolute Gasteiger partial charge is 0.496 e. The van der Waals surface area contributed by atoms with Crippen molar-refractivity contribution in [1.82, 2.24) is 0 Å². The molecule has 0 amide bonds. The zero-order valence-corrected chi connectivity index (χ0v) is 13.5. The van der Waals surface area contributed by atoms with Crippen LogP contribution in [0.2, 0.25) is 0 Å². The zero-order valence-electron chi connectivity index (χ0n) is 9.18. The summed E-state index contributed by atoms with van der Waals surface area (Å²) >= 11 is 4.71. The highest BCUT2D eigenvalue weighted by atomic mass is 127. The fraction of sp³-hybridized carbons (Fsp3) is 0.231. The number of fused-ring (bicyclic) bond motifs is 1. The highest BCUT2D eigenvalue weighted by Gasteiger charge is 2.05. The van der Waals surface area contributed by atoms with Crippen LogP contribution >= 0.6 is 45.2 Å². The van der Waals surface area contributed by atoms with Gasteiger partial charge in [0.05, 0.1) is 10.7 Å². The predicted molar refractivity (Wildman–Crippen MR) is 85.3 cm³/mol. The molecule has 0 aliphatic carbocycles. The van der Waals surface area contributed by atoms with Gasteiger partial charge in [-0.15, -0.1) is 0 Å². The Morgan fingerprint density at radius 2 is 1.62 bits per heavy atom. The molecule has 1 nitrogen and oxygen atoms in total. The summed E-state index contributed by atoms with van der Waals surface area (Å²) in [6.07, 6.45) is 1.08. The molecule has 84 valence electrons. The minimum absolute atomic E-state index is 0.952. The van der Waals surface area contributed by atoms with Gasteiger partial charge in [-0.25, -0.2) is 0 Å². The van der Waals surface area contributed by atoms with Crippen LogP contribution in [-0.4, -0.2) is 7.11 Å². The molecule has 0 fully saturated rings. The Labute approximate surface area is 123 Å². The molecular formula is C13H12I2O. The molecular weight excluding hydrogens is 426 g/mol. The van der Waals surface area contributed by atoms with Gasteiger partial charge in [0.15, 0.2) is 0 Å². The first-order valence-corrected chi connectivity index (χ1v) is 7.27. The number of ether oxygens (including phenoxy) is 1. The lowest BCUT2D eigenvalue weighted by Crippen LogP contribution is -1.90. The Bertz CT molecular complexity index is 486. The van der Waals surface area contributed by atoms with E-state index >= 15 is 0 Å². The van der Waals surface area contributed by atoms with Crippen molar-refractivity contribution in [3.63, 3.8) is 0 Å². The quantitative estimate of drug-likeness (QED) is 0.623. The molecule has 0 aromatic heterocycles. The summed E-state index contributed by atoms with van der Waals surface area (Å²) in [6.45, 7) is 2.19. The number of methoxy groups -OCH3 is 1. The number of halogens is 2. The Morgan fingerprint density at radius 1 is 1.00 bits per heavy atom. The van der Waals surface area contributed by atoms with Gasteiger partial charge in [-0.1, -0.05) is 13.0 Å². The van der Waals surface area contributed by atoms with E-state index in [1.54, 1.807) is 7.11 Å². The number of hydrogen-bond donors (Lipinski definition) is 0. The maximum absolute atomic E-state index is 5.34. The van der Waals surface area contributed by atoms with Crippen molar-refractivity contribution in [2.45, 2.75) is 13.3 Å². The highest BCUT2D eigenvalue weighted by molar-refractivity contribution is 14.1. The fourth-order valence-corrected chi connectivity index (χ4v) is 3.33. The molecule has 0 saturated carbocycles. The molecule has 2 rings (SSSR count). The SMILES string of the molecule is CCc1cc2cc(I)c(OC)cc2cc1I. The van der Waals surface area contributed by atoms with Crippen molar-refractivity contribution >= 4 is 56.0 Å². The van der Waals surface area contributed by atoms with Gasteiger partial charge in [-0.3, -0.25) is 0 Å². The van der Waals surface area contributed by atoms with Crippen molar-refractivity contribution in [3.8, 4) is 5.75 Å². The van der Waals surface area contributed by atoms with E-state index in [0.29, 0.717) is 0 Å². The van der Waals surface area contributed by atoms with E-state index in [1.807, 2.05) is 0 Å². The van der Waals surface area contributed by atoms with Crippen LogP contribution in [0.25, 0.3) is 10.8 Å². The number of benzene rings is 2. The third-order valence-corrected chi connectivity index (χ3v) is 4.50. The van der Waals surface area contributed by atoms with Gasteiger partial charge < -0.3 is 4.74 Å². The van der Waals surface area contributed by atoms with Gasteiger partial charge >= 0.3 is 0 Å². The topological polar surface area (TPSA) is 9.23 Å². The van der Waals surface area contributed by atoms with Gasteiger partial charge in [0.2, 0.25) is 0 Å². The van der Waals surface area contributed by atoms with E-state index in [-0.39, 0.29) is 0 Å². The normalized spacial score (nSPS) is 10.8. The van der Waals surface area contributed by atoms with Crippen LogP contribution in [0, 0.1) is 7.14 Å². The summed E-state index contributed by atoms with van der Waals surface area (Å²) in [7, 11) is 1.72. The van der Waals surface area contributed by atoms with Crippen LogP contribution in [-0.2, 0) is 6.42 Å². The van der Waals surface area contributed by atoms with Gasteiger partial charge in [-0.05, 0) is 86.1 Å². The van der Waals surface area contributed by atoms with Crippen molar-refractivity contribution in [3.05, 3.63) is 37.0 Å². The van der Waals surface area contributed by atoms with E-state index in [0.717, 1.165) is 15.7 Å². The average molecular weight is 438 g/mol. The Morgan fingerprint density at radius 3 is 2.25 bits per heavy atom. The minimum Gasteiger partial charge on any atom is -0.496 e. The summed E-state index contributed by atoms with van der Waals surface area (Å²) < 4.78 is 7.83. The molecule has 0 aliphatic heterocycles. The molecule has 16 heavy (non-hydrogen) atoms. The molecule has 3 heteroatoms. The summed E-state index contributed by atoms with van der Waals surface area (Å²) in [6, 6.07) is 8.80. The summed E-state index contributed by atoms with van der Waals surface area (Å²) in [5, 5.41) is 2.54. The van der Waals surface area contributed by atoms with Crippen LogP contribution in [0.1, 0.15) is 12.5 Å². The lowest BCUT2D eigenvalue weighted by molar-refractivity contribution is 0.412. The molecule has 0 N–H and O–H groups in total. The first-order valence-electron chi connectivity index (χ1n) is 5.11. The average Bonchev–Trinajstić information content (AvgIpc) is 2.28. The first kappa shape index (κ1) is 12.4. The molecule has 2 aromatic rings. The molecule has 0 atom stereocenters. The van der Waals surface area contributed by atoms with E-state index in [2.05, 4.69) is 76.4 Å². The third-order valence-electron chi connectivity index (χ3n) is 2.66. The van der Waals surface area contributed by atoms with Gasteiger partial charge in [-0.2, -0.15) is 0 Å². The van der Waals surface area contributed by atoms with E-state index in [1.165, 1.54) is 19.9 Å². The van der Waals surface area contributed by atoms with Gasteiger partial charge in [0.1, 0.15) is 5.75 Å². The number of rotatable bonds is 2. The lowest BCUT2D eigenvalue weighted by Gasteiger charge is -2.08. The van der Waals surface area contributed by atoms with Crippen LogP contribution in [0.5, 0.6) is 5.75 Å². The monoisotopic (exact) mass is 438 g/mol. The lowest BCUT2D eigenvalue weighted by atomic mass is 10.1. The molecule has 0 aliphatic rings. The maximum Gasteiger partial charge on any atom is 0.132 e. The molecule has 0 saturated heterocycles. The molecule has 0 spiro atoms. The van der Waals surface area contributed by atoms with Crippen molar-refractivity contribution in [2.75, 3.05) is 7.11 Å². The molecule has 0 unspecified atom stereocenters. The van der Waals surface area contributed by atoms with Gasteiger partial charge in [0, 0.05) is 3.57 Å². The number of hydrogen-bond acceptors (Lipinski definition) is 1. The van der Waals surface area contributed by atoms with Crippen molar-refractivity contribution in [1.29, 1.82) is 0 Å². The molecule has 2 aromatic carbocycles. The molecule has 0 heterocycles. The Balaban J connectivity index is 2.71. The highest BCUT2D eigenvalue weighted by Crippen LogP contribution is 2.29. The second-order valence-corrected chi connectivity index (χ2v) is 5.96. The summed E-state index contributed by atoms with van der Waals surface area (Å²) in [5.74, 6) is 0.952. The van der Waals surface area contributed by atoms with E-state index in [9.17, 15) is 0 Å². The Kier molecular flexibility index (Phi) is 3.94. The fourth-order valence-electron chi connectivity index (χ4n) is 1.75. The number of aryl methyl sites for hydroxylation is 1.